The highest BCUT2D eigenvalue weighted by atomic mass is 32.3. The number of hydrogen-bond acceptors (Lipinski definition) is 3. The molecule has 66 valence electrons. The monoisotopic (exact) mass is 191 g/mol. The number of halogens is 1. The van der Waals surface area contributed by atoms with E-state index in [1.807, 2.05) is 0 Å². The van der Waals surface area contributed by atoms with Gasteiger partial charge in [-0.15, -0.1) is 0 Å². The molecule has 0 heterocycles. The third-order valence-corrected chi connectivity index (χ3v) is 1.59. The number of rotatable bonds is 2. The van der Waals surface area contributed by atoms with Crippen molar-refractivity contribution in [1.82, 2.24) is 0 Å². The number of hydrogen-bond donors (Lipinski definition) is 2. The van der Waals surface area contributed by atoms with E-state index in [1.54, 1.807) is 4.72 Å². The van der Waals surface area contributed by atoms with Gasteiger partial charge in [0, 0.05) is 0 Å². The van der Waals surface area contributed by atoms with Crippen LogP contribution in [0.25, 0.3) is 0 Å². The molecule has 4 nitrogen and oxygen atoms in total. The Bertz CT molecular complexity index is 359. The first kappa shape index (κ1) is 8.79. The minimum atomic E-state index is -4.72. The molecular weight excluding hydrogens is 185 g/mol. The molecule has 0 unspecified atom stereocenters. The van der Waals surface area contributed by atoms with Crippen molar-refractivity contribution in [2.45, 2.75) is 0 Å². The summed E-state index contributed by atoms with van der Waals surface area (Å²) in [5.41, 5.74) is 0.0651. The van der Waals surface area contributed by atoms with Crippen molar-refractivity contribution in [3.63, 3.8) is 0 Å². The van der Waals surface area contributed by atoms with Crippen LogP contribution < -0.4 is 4.72 Å². The van der Waals surface area contributed by atoms with Crippen molar-refractivity contribution in [1.29, 1.82) is 0 Å². The lowest BCUT2D eigenvalue weighted by Gasteiger charge is -1.99. The fraction of sp³-hybridized carbons (Fsp3) is 0. The van der Waals surface area contributed by atoms with Crippen LogP contribution in [-0.4, -0.2) is 13.5 Å². The molecule has 0 spiro atoms. The van der Waals surface area contributed by atoms with Gasteiger partial charge in [-0.05, 0) is 24.3 Å². The lowest BCUT2D eigenvalue weighted by atomic mass is 10.3. The summed E-state index contributed by atoms with van der Waals surface area (Å²) in [6.45, 7) is 0. The molecule has 0 aliphatic carbocycles. The molecule has 0 bridgehead atoms. The quantitative estimate of drug-likeness (QED) is 0.541. The molecule has 0 aromatic heterocycles. The molecular formula is C6H6FNO3S. The van der Waals surface area contributed by atoms with E-state index >= 15 is 0 Å². The van der Waals surface area contributed by atoms with Gasteiger partial charge in [-0.1, -0.05) is 3.89 Å². The largest absolute Gasteiger partial charge is 0.508 e. The van der Waals surface area contributed by atoms with Crippen LogP contribution in [0.1, 0.15) is 0 Å². The van der Waals surface area contributed by atoms with E-state index in [9.17, 15) is 12.3 Å². The fourth-order valence-electron chi connectivity index (χ4n) is 0.670. The average Bonchev–Trinajstić information content (AvgIpc) is 1.91. The van der Waals surface area contributed by atoms with E-state index in [1.165, 1.54) is 24.3 Å². The Hall–Kier alpha value is -1.30. The molecule has 0 saturated carbocycles. The first-order valence-corrected chi connectivity index (χ1v) is 4.37. The number of phenolic OH excluding ortho intramolecular Hbond substituents is 1. The lowest BCUT2D eigenvalue weighted by Crippen LogP contribution is -2.04. The van der Waals surface area contributed by atoms with Gasteiger partial charge in [0.25, 0.3) is 0 Å². The zero-order valence-electron chi connectivity index (χ0n) is 5.86. The maximum Gasteiger partial charge on any atom is 0.396 e. The van der Waals surface area contributed by atoms with Gasteiger partial charge in [0.15, 0.2) is 0 Å². The summed E-state index contributed by atoms with van der Waals surface area (Å²) in [7, 11) is -4.72. The molecule has 0 fully saturated rings. The second-order valence-electron chi connectivity index (χ2n) is 2.09. The summed E-state index contributed by atoms with van der Waals surface area (Å²) in [5.74, 6) is -0.0168. The summed E-state index contributed by atoms with van der Waals surface area (Å²) in [6, 6.07) is 4.97. The second kappa shape index (κ2) is 2.98. The van der Waals surface area contributed by atoms with Gasteiger partial charge in [-0.3, -0.25) is 4.72 Å². The number of benzene rings is 1. The van der Waals surface area contributed by atoms with E-state index in [0.717, 1.165) is 0 Å². The Labute approximate surface area is 69.0 Å². The molecule has 1 aromatic carbocycles. The van der Waals surface area contributed by atoms with Crippen LogP contribution in [0.4, 0.5) is 9.57 Å². The Balaban J connectivity index is 2.85. The number of aromatic hydroxyl groups is 1. The third-order valence-electron chi connectivity index (χ3n) is 1.11. The summed E-state index contributed by atoms with van der Waals surface area (Å²) >= 11 is 0. The molecule has 1 rings (SSSR count). The van der Waals surface area contributed by atoms with Crippen molar-refractivity contribution < 1.29 is 17.4 Å². The van der Waals surface area contributed by atoms with Gasteiger partial charge in [0.05, 0.1) is 5.69 Å². The smallest absolute Gasteiger partial charge is 0.396 e. The minimum Gasteiger partial charge on any atom is -0.508 e. The highest BCUT2D eigenvalue weighted by Crippen LogP contribution is 2.14. The number of anilines is 1. The summed E-state index contributed by atoms with van der Waals surface area (Å²) in [4.78, 5) is 0. The minimum absolute atomic E-state index is 0.0168. The van der Waals surface area contributed by atoms with Crippen LogP contribution in [0.3, 0.4) is 0 Å². The first-order chi connectivity index (χ1) is 5.47. The van der Waals surface area contributed by atoms with Crippen molar-refractivity contribution in [2.24, 2.45) is 0 Å². The van der Waals surface area contributed by atoms with Gasteiger partial charge < -0.3 is 5.11 Å². The van der Waals surface area contributed by atoms with Gasteiger partial charge >= 0.3 is 10.4 Å². The van der Waals surface area contributed by atoms with Gasteiger partial charge in [0.2, 0.25) is 0 Å². The highest BCUT2D eigenvalue weighted by Gasteiger charge is 2.04. The molecule has 0 amide bonds. The molecule has 2 N–H and O–H groups in total. The van der Waals surface area contributed by atoms with E-state index in [0.29, 0.717) is 0 Å². The Morgan fingerprint density at radius 3 is 2.17 bits per heavy atom. The van der Waals surface area contributed by atoms with Gasteiger partial charge in [0.1, 0.15) is 5.75 Å². The Morgan fingerprint density at radius 2 is 1.75 bits per heavy atom. The summed E-state index contributed by atoms with van der Waals surface area (Å²) < 4.78 is 33.7. The number of phenols is 1. The maximum atomic E-state index is 12.0. The van der Waals surface area contributed by atoms with Crippen molar-refractivity contribution in [2.75, 3.05) is 4.72 Å². The Morgan fingerprint density at radius 1 is 1.25 bits per heavy atom. The van der Waals surface area contributed by atoms with Crippen LogP contribution in [0, 0.1) is 0 Å². The molecule has 12 heavy (non-hydrogen) atoms. The first-order valence-electron chi connectivity index (χ1n) is 2.99. The topological polar surface area (TPSA) is 66.4 Å². The van der Waals surface area contributed by atoms with E-state index in [2.05, 4.69) is 0 Å². The molecule has 0 aliphatic heterocycles. The SMILES string of the molecule is O=S(=O)(F)Nc1ccc(O)cc1. The molecule has 0 saturated heterocycles. The van der Waals surface area contributed by atoms with E-state index < -0.39 is 10.4 Å². The second-order valence-corrected chi connectivity index (χ2v) is 3.17. The molecule has 0 radical (unpaired) electrons. The van der Waals surface area contributed by atoms with Gasteiger partial charge in [-0.25, -0.2) is 0 Å². The van der Waals surface area contributed by atoms with Gasteiger partial charge in [-0.2, -0.15) is 8.42 Å². The summed E-state index contributed by atoms with van der Waals surface area (Å²) in [6.07, 6.45) is 0. The predicted octanol–water partition coefficient (Wildman–Crippen LogP) is 1.02. The zero-order valence-corrected chi connectivity index (χ0v) is 6.68. The normalized spacial score (nSPS) is 11.1. The number of nitrogens with one attached hydrogen (secondary N) is 1. The Kier molecular flexibility index (Phi) is 2.18. The van der Waals surface area contributed by atoms with Crippen molar-refractivity contribution in [3.05, 3.63) is 24.3 Å². The van der Waals surface area contributed by atoms with E-state index in [-0.39, 0.29) is 11.4 Å². The lowest BCUT2D eigenvalue weighted by molar-refractivity contribution is 0.475. The van der Waals surface area contributed by atoms with Crippen LogP contribution >= 0.6 is 0 Å². The third kappa shape index (κ3) is 2.75. The molecule has 6 heteroatoms. The standard InChI is InChI=1S/C6H6FNO3S/c7-12(10,11)8-5-1-3-6(9)4-2-5/h1-4,8-9H. The maximum absolute atomic E-state index is 12.0. The van der Waals surface area contributed by atoms with Crippen LogP contribution in [0.5, 0.6) is 5.75 Å². The van der Waals surface area contributed by atoms with Crippen LogP contribution in [0.2, 0.25) is 0 Å². The summed E-state index contributed by atoms with van der Waals surface area (Å²) in [5, 5.41) is 8.78. The van der Waals surface area contributed by atoms with E-state index in [4.69, 9.17) is 5.11 Å². The van der Waals surface area contributed by atoms with Crippen molar-refractivity contribution >= 4 is 16.1 Å². The van der Waals surface area contributed by atoms with Crippen molar-refractivity contribution in [3.8, 4) is 5.75 Å². The predicted molar refractivity (Wildman–Crippen MR) is 41.8 cm³/mol. The molecule has 0 atom stereocenters. The highest BCUT2D eigenvalue weighted by molar-refractivity contribution is 7.87. The molecule has 0 aliphatic rings. The van der Waals surface area contributed by atoms with Crippen LogP contribution in [0.15, 0.2) is 24.3 Å². The fourth-order valence-corrected chi connectivity index (χ4v) is 1.09. The average molecular weight is 191 g/mol. The van der Waals surface area contributed by atoms with Crippen LogP contribution in [-0.2, 0) is 10.4 Å². The zero-order chi connectivity index (χ0) is 9.19. The molecule has 1 aromatic rings.